The van der Waals surface area contributed by atoms with Gasteiger partial charge in [0.25, 0.3) is 5.79 Å². The lowest BCUT2D eigenvalue weighted by molar-refractivity contribution is -0.651. The number of alkyl halides is 3. The van der Waals surface area contributed by atoms with Gasteiger partial charge in [-0.2, -0.15) is 18.1 Å². The minimum Gasteiger partial charge on any atom is -0.404 e. The highest BCUT2D eigenvalue weighted by Crippen LogP contribution is 2.72. The van der Waals surface area contributed by atoms with E-state index >= 15 is 0 Å². The zero-order valence-electron chi connectivity index (χ0n) is 17.7. The highest BCUT2D eigenvalue weighted by Gasteiger charge is 2.78. The molecule has 178 valence electrons. The highest BCUT2D eigenvalue weighted by molar-refractivity contribution is 7.46. The van der Waals surface area contributed by atoms with Crippen molar-refractivity contribution in [2.45, 2.75) is 63.5 Å². The third-order valence-electron chi connectivity index (χ3n) is 7.74. The van der Waals surface area contributed by atoms with E-state index in [0.717, 1.165) is 32.1 Å². The molecule has 1 spiro atoms. The molecule has 0 aromatic heterocycles. The average Bonchev–Trinajstić information content (AvgIpc) is 2.60. The number of halogens is 3. The largest absolute Gasteiger partial charge is 0.524 e. The molecule has 6 rings (SSSR count). The molecular formula is C21H26F3O7P. The summed E-state index contributed by atoms with van der Waals surface area (Å²) in [6, 6.07) is 4.36. The van der Waals surface area contributed by atoms with E-state index < -0.39 is 32.0 Å². The zero-order chi connectivity index (χ0) is 23.2. The van der Waals surface area contributed by atoms with Crippen LogP contribution in [0.2, 0.25) is 0 Å². The fourth-order valence-corrected chi connectivity index (χ4v) is 7.41. The van der Waals surface area contributed by atoms with Crippen LogP contribution in [0.15, 0.2) is 18.2 Å². The van der Waals surface area contributed by atoms with Gasteiger partial charge < -0.3 is 9.26 Å². The molecule has 11 heteroatoms. The summed E-state index contributed by atoms with van der Waals surface area (Å²) in [5, 5.41) is 0. The summed E-state index contributed by atoms with van der Waals surface area (Å²) in [7, 11) is -4.88. The first-order valence-corrected chi connectivity index (χ1v) is 12.2. The molecule has 0 radical (unpaired) electrons. The van der Waals surface area contributed by atoms with Gasteiger partial charge in [-0.05, 0) is 73.8 Å². The van der Waals surface area contributed by atoms with Crippen molar-refractivity contribution in [2.75, 3.05) is 6.61 Å². The van der Waals surface area contributed by atoms with Crippen molar-refractivity contribution in [3.63, 3.8) is 0 Å². The van der Waals surface area contributed by atoms with Crippen LogP contribution in [-0.2, 0) is 24.9 Å². The first-order valence-electron chi connectivity index (χ1n) is 10.7. The second kappa shape index (κ2) is 6.93. The van der Waals surface area contributed by atoms with Crippen molar-refractivity contribution in [3.05, 3.63) is 29.3 Å². The van der Waals surface area contributed by atoms with Crippen molar-refractivity contribution in [3.8, 4) is 5.75 Å². The van der Waals surface area contributed by atoms with Gasteiger partial charge in [-0.15, -0.1) is 0 Å². The highest BCUT2D eigenvalue weighted by atomic mass is 31.2. The third kappa shape index (κ3) is 3.42. The Kier molecular flexibility index (Phi) is 4.90. The monoisotopic (exact) mass is 478 g/mol. The van der Waals surface area contributed by atoms with Crippen LogP contribution in [0.25, 0.3) is 0 Å². The summed E-state index contributed by atoms with van der Waals surface area (Å²) >= 11 is 0. The summed E-state index contributed by atoms with van der Waals surface area (Å²) in [5.41, 5.74) is -0.364. The number of benzene rings is 1. The normalized spacial score (nSPS) is 40.5. The molecule has 32 heavy (non-hydrogen) atoms. The SMILES string of the molecule is Cc1ccc(C2(OCC(F)(F)F)OOC23C2CC4CC3CC(C)(C4)C2)cc1OP(=O)(O)O. The number of phosphoric ester groups is 1. The van der Waals surface area contributed by atoms with Gasteiger partial charge in [0.1, 0.15) is 12.4 Å². The molecule has 5 fully saturated rings. The van der Waals surface area contributed by atoms with Crippen LogP contribution in [0, 0.1) is 30.1 Å². The molecule has 1 heterocycles. The van der Waals surface area contributed by atoms with E-state index in [2.05, 4.69) is 6.92 Å². The summed E-state index contributed by atoms with van der Waals surface area (Å²) in [6.45, 7) is 2.26. The Hall–Kier alpha value is -1.16. The predicted octanol–water partition coefficient (Wildman–Crippen LogP) is 4.75. The van der Waals surface area contributed by atoms with Crippen LogP contribution < -0.4 is 4.52 Å². The van der Waals surface area contributed by atoms with Gasteiger partial charge in [-0.3, -0.25) is 9.79 Å². The fraction of sp³-hybridized carbons (Fsp3) is 0.714. The van der Waals surface area contributed by atoms with Gasteiger partial charge in [0.15, 0.2) is 5.60 Å². The van der Waals surface area contributed by atoms with Crippen LogP contribution in [0.5, 0.6) is 5.75 Å². The van der Waals surface area contributed by atoms with Gasteiger partial charge in [-0.1, -0.05) is 19.1 Å². The number of phosphoric acid groups is 1. The van der Waals surface area contributed by atoms with E-state index in [-0.39, 0.29) is 28.6 Å². The number of ether oxygens (including phenoxy) is 1. The molecule has 0 amide bonds. The molecule has 1 aliphatic heterocycles. The summed E-state index contributed by atoms with van der Waals surface area (Å²) in [6.07, 6.45) is -0.232. The van der Waals surface area contributed by atoms with E-state index in [1.165, 1.54) is 12.1 Å². The lowest BCUT2D eigenvalue weighted by atomic mass is 9.43. The molecule has 4 bridgehead atoms. The van der Waals surface area contributed by atoms with Crippen molar-refractivity contribution in [2.24, 2.45) is 23.2 Å². The molecule has 7 nitrogen and oxygen atoms in total. The smallest absolute Gasteiger partial charge is 0.404 e. The third-order valence-corrected chi connectivity index (χ3v) is 8.18. The van der Waals surface area contributed by atoms with E-state index in [4.69, 9.17) is 19.0 Å². The van der Waals surface area contributed by atoms with E-state index in [1.807, 2.05) is 0 Å². The minimum atomic E-state index is -4.88. The summed E-state index contributed by atoms with van der Waals surface area (Å²) < 4.78 is 61.5. The second-order valence-electron chi connectivity index (χ2n) is 10.2. The van der Waals surface area contributed by atoms with Crippen molar-refractivity contribution >= 4 is 7.82 Å². The zero-order valence-corrected chi connectivity index (χ0v) is 18.6. The number of hydrogen-bond donors (Lipinski definition) is 2. The second-order valence-corrected chi connectivity index (χ2v) is 11.4. The Bertz CT molecular complexity index is 961. The van der Waals surface area contributed by atoms with E-state index in [1.54, 1.807) is 13.0 Å². The molecule has 4 saturated carbocycles. The average molecular weight is 478 g/mol. The van der Waals surface area contributed by atoms with Crippen LogP contribution in [0.1, 0.15) is 50.2 Å². The van der Waals surface area contributed by atoms with Crippen molar-refractivity contribution in [1.29, 1.82) is 0 Å². The topological polar surface area (TPSA) is 94.5 Å². The number of aryl methyl sites for hydroxylation is 1. The Morgan fingerprint density at radius 1 is 1.16 bits per heavy atom. The van der Waals surface area contributed by atoms with Gasteiger partial charge in [0.05, 0.1) is 0 Å². The first kappa shape index (κ1) is 22.6. The Labute approximate surface area is 183 Å². The Morgan fingerprint density at radius 2 is 1.81 bits per heavy atom. The molecule has 3 unspecified atom stereocenters. The molecule has 1 aromatic carbocycles. The van der Waals surface area contributed by atoms with Crippen molar-refractivity contribution < 1.29 is 46.6 Å². The maximum Gasteiger partial charge on any atom is 0.524 e. The number of rotatable bonds is 5. The van der Waals surface area contributed by atoms with Gasteiger partial charge in [-0.25, -0.2) is 9.45 Å². The first-order chi connectivity index (χ1) is 14.8. The molecule has 3 atom stereocenters. The van der Waals surface area contributed by atoms with Crippen molar-refractivity contribution in [1.82, 2.24) is 0 Å². The van der Waals surface area contributed by atoms with Crippen LogP contribution >= 0.6 is 7.82 Å². The maximum absolute atomic E-state index is 13.3. The molecule has 4 aliphatic carbocycles. The van der Waals surface area contributed by atoms with Gasteiger partial charge >= 0.3 is 14.0 Å². The lowest BCUT2D eigenvalue weighted by Crippen LogP contribution is -2.77. The molecular weight excluding hydrogens is 452 g/mol. The molecule has 1 aromatic rings. The Balaban J connectivity index is 1.60. The van der Waals surface area contributed by atoms with Gasteiger partial charge in [0.2, 0.25) is 0 Å². The molecule has 1 saturated heterocycles. The van der Waals surface area contributed by atoms with E-state index in [9.17, 15) is 27.5 Å². The minimum absolute atomic E-state index is 0.0480. The maximum atomic E-state index is 13.3. The number of hydrogen-bond acceptors (Lipinski definition) is 5. The molecule has 2 N–H and O–H groups in total. The standard InChI is InChI=1S/C21H26F3O7P/c1-12-3-4-14(7-17(12)29-32(25,26)27)21(28-11-19(22,23)24)20(30-31-21)15-5-13-6-16(20)10-18(2,8-13)9-15/h3-4,7,13,15-16H,5-6,8-11H2,1-2H3,(H2,25,26,27). The van der Waals surface area contributed by atoms with Crippen LogP contribution in [-0.4, -0.2) is 28.2 Å². The van der Waals surface area contributed by atoms with Crippen LogP contribution in [0.4, 0.5) is 13.2 Å². The predicted molar refractivity (Wildman–Crippen MR) is 104 cm³/mol. The summed E-state index contributed by atoms with van der Waals surface area (Å²) in [4.78, 5) is 29.7. The van der Waals surface area contributed by atoms with Crippen LogP contribution in [0.3, 0.4) is 0 Å². The Morgan fingerprint density at radius 3 is 2.31 bits per heavy atom. The quantitative estimate of drug-likeness (QED) is 0.466. The summed E-state index contributed by atoms with van der Waals surface area (Å²) in [5.74, 6) is -1.59. The van der Waals surface area contributed by atoms with E-state index in [0.29, 0.717) is 11.5 Å². The van der Waals surface area contributed by atoms with Gasteiger partial charge in [0, 0.05) is 5.56 Å². The lowest BCUT2D eigenvalue weighted by Gasteiger charge is -2.70. The fourth-order valence-electron chi connectivity index (χ4n) is 6.95. The molecule has 5 aliphatic rings.